The van der Waals surface area contributed by atoms with Crippen LogP contribution in [0.15, 0.2) is 36.9 Å². The van der Waals surface area contributed by atoms with Gasteiger partial charge < -0.3 is 9.84 Å². The van der Waals surface area contributed by atoms with Crippen LogP contribution < -0.4 is 4.74 Å². The monoisotopic (exact) mass is 206 g/mol. The summed E-state index contributed by atoms with van der Waals surface area (Å²) in [5.74, 6) is 0.817. The average Bonchev–Trinajstić information content (AvgIpc) is 2.25. The van der Waals surface area contributed by atoms with Crippen molar-refractivity contribution in [1.82, 2.24) is 0 Å². The second-order valence-corrected chi connectivity index (χ2v) is 3.53. The molecule has 0 saturated carbocycles. The molecule has 2 nitrogen and oxygen atoms in total. The first kappa shape index (κ1) is 11.8. The Balaban J connectivity index is 2.46. The summed E-state index contributed by atoms with van der Waals surface area (Å²) in [6, 6.07) is 7.56. The Hall–Kier alpha value is -1.28. The normalized spacial score (nSPS) is 12.1. The summed E-state index contributed by atoms with van der Waals surface area (Å²) in [7, 11) is 0. The quantitative estimate of drug-likeness (QED) is 0.572. The highest BCUT2D eigenvalue weighted by Gasteiger charge is 2.01. The minimum absolute atomic E-state index is 0.443. The molecule has 0 aliphatic rings. The lowest BCUT2D eigenvalue weighted by atomic mass is 10.1. The van der Waals surface area contributed by atoms with Gasteiger partial charge in [0.1, 0.15) is 5.75 Å². The molecule has 82 valence electrons. The summed E-state index contributed by atoms with van der Waals surface area (Å²) < 4.78 is 5.54. The first-order valence-electron chi connectivity index (χ1n) is 5.25. The van der Waals surface area contributed by atoms with Crippen molar-refractivity contribution in [1.29, 1.82) is 0 Å². The molecule has 1 rings (SSSR count). The Morgan fingerprint density at radius 1 is 1.53 bits per heavy atom. The molecule has 1 aromatic carbocycles. The number of ether oxygens (including phenoxy) is 1. The summed E-state index contributed by atoms with van der Waals surface area (Å²) in [5, 5.41) is 9.39. The lowest BCUT2D eigenvalue weighted by molar-refractivity contribution is 0.198. The molecular formula is C13H18O2. The zero-order valence-electron chi connectivity index (χ0n) is 9.15. The van der Waals surface area contributed by atoms with E-state index in [1.807, 2.05) is 30.3 Å². The summed E-state index contributed by atoms with van der Waals surface area (Å²) in [6.07, 6.45) is 3.38. The van der Waals surface area contributed by atoms with Crippen molar-refractivity contribution in [3.63, 3.8) is 0 Å². The fourth-order valence-corrected chi connectivity index (χ4v) is 1.28. The summed E-state index contributed by atoms with van der Waals surface area (Å²) >= 11 is 0. The Morgan fingerprint density at radius 2 is 2.33 bits per heavy atom. The van der Waals surface area contributed by atoms with Gasteiger partial charge in [0, 0.05) is 0 Å². The zero-order valence-corrected chi connectivity index (χ0v) is 9.15. The van der Waals surface area contributed by atoms with Gasteiger partial charge in [-0.05, 0) is 37.5 Å². The molecule has 0 fully saturated rings. The number of hydrogen-bond acceptors (Lipinski definition) is 2. The third kappa shape index (κ3) is 4.17. The van der Waals surface area contributed by atoms with E-state index in [-0.39, 0.29) is 0 Å². The summed E-state index contributed by atoms with van der Waals surface area (Å²) in [6.45, 7) is 6.09. The molecule has 0 spiro atoms. The van der Waals surface area contributed by atoms with Gasteiger partial charge in [0.2, 0.25) is 0 Å². The second-order valence-electron chi connectivity index (χ2n) is 3.53. The molecule has 0 aromatic heterocycles. The first-order valence-corrected chi connectivity index (χ1v) is 5.25. The lowest BCUT2D eigenvalue weighted by Crippen LogP contribution is -1.98. The van der Waals surface area contributed by atoms with E-state index in [0.29, 0.717) is 6.61 Å². The van der Waals surface area contributed by atoms with Crippen molar-refractivity contribution in [2.75, 3.05) is 6.61 Å². The van der Waals surface area contributed by atoms with Gasteiger partial charge in [-0.3, -0.25) is 0 Å². The van der Waals surface area contributed by atoms with Crippen LogP contribution in [0.25, 0.3) is 0 Å². The molecule has 0 heterocycles. The molecule has 0 aliphatic heterocycles. The van der Waals surface area contributed by atoms with E-state index in [4.69, 9.17) is 4.74 Å². The van der Waals surface area contributed by atoms with Gasteiger partial charge >= 0.3 is 0 Å². The van der Waals surface area contributed by atoms with Crippen LogP contribution in [-0.2, 0) is 0 Å². The number of hydrogen-bond donors (Lipinski definition) is 1. The fraction of sp³-hybridized carbons (Fsp3) is 0.385. The van der Waals surface area contributed by atoms with Crippen molar-refractivity contribution in [2.45, 2.75) is 25.9 Å². The molecule has 1 atom stereocenters. The minimum atomic E-state index is -0.443. The van der Waals surface area contributed by atoms with Crippen LogP contribution in [0.4, 0.5) is 0 Å². The molecule has 15 heavy (non-hydrogen) atoms. The van der Waals surface area contributed by atoms with E-state index in [2.05, 4.69) is 6.58 Å². The van der Waals surface area contributed by atoms with Crippen LogP contribution in [0.5, 0.6) is 5.75 Å². The third-order valence-electron chi connectivity index (χ3n) is 2.16. The number of rotatable bonds is 6. The number of allylic oxidation sites excluding steroid dienone is 1. The Labute approximate surface area is 91.2 Å². The number of aliphatic hydroxyl groups excluding tert-OH is 1. The topological polar surface area (TPSA) is 29.5 Å². The SMILES string of the molecule is C=CCCCOc1cccc([C@@H](C)O)c1. The zero-order chi connectivity index (χ0) is 11.1. The van der Waals surface area contributed by atoms with E-state index < -0.39 is 6.10 Å². The molecule has 0 aliphatic carbocycles. The van der Waals surface area contributed by atoms with Gasteiger partial charge in [0.25, 0.3) is 0 Å². The van der Waals surface area contributed by atoms with Crippen molar-refractivity contribution in [3.05, 3.63) is 42.5 Å². The highest BCUT2D eigenvalue weighted by atomic mass is 16.5. The number of benzene rings is 1. The largest absolute Gasteiger partial charge is 0.494 e. The molecule has 0 saturated heterocycles. The predicted molar refractivity (Wildman–Crippen MR) is 62.0 cm³/mol. The predicted octanol–water partition coefficient (Wildman–Crippen LogP) is 3.08. The van der Waals surface area contributed by atoms with Crippen LogP contribution in [0.2, 0.25) is 0 Å². The molecule has 0 bridgehead atoms. The van der Waals surface area contributed by atoms with Gasteiger partial charge in [0.15, 0.2) is 0 Å². The maximum absolute atomic E-state index is 9.39. The molecular weight excluding hydrogens is 188 g/mol. The Kier molecular flexibility index (Phi) is 4.91. The van der Waals surface area contributed by atoms with Gasteiger partial charge in [0.05, 0.1) is 12.7 Å². The second kappa shape index (κ2) is 6.25. The van der Waals surface area contributed by atoms with Crippen LogP contribution in [-0.4, -0.2) is 11.7 Å². The Morgan fingerprint density at radius 3 is 3.00 bits per heavy atom. The highest BCUT2D eigenvalue weighted by molar-refractivity contribution is 5.29. The lowest BCUT2D eigenvalue weighted by Gasteiger charge is -2.08. The first-order chi connectivity index (χ1) is 7.24. The number of aliphatic hydroxyl groups is 1. The maximum atomic E-state index is 9.39. The van der Waals surface area contributed by atoms with Crippen molar-refractivity contribution < 1.29 is 9.84 Å². The molecule has 0 amide bonds. The van der Waals surface area contributed by atoms with E-state index in [1.165, 1.54) is 0 Å². The third-order valence-corrected chi connectivity index (χ3v) is 2.16. The average molecular weight is 206 g/mol. The van der Waals surface area contributed by atoms with Crippen LogP contribution in [0.1, 0.15) is 31.4 Å². The summed E-state index contributed by atoms with van der Waals surface area (Å²) in [4.78, 5) is 0. The van der Waals surface area contributed by atoms with Crippen molar-refractivity contribution in [3.8, 4) is 5.75 Å². The number of unbranched alkanes of at least 4 members (excludes halogenated alkanes) is 1. The molecule has 0 unspecified atom stereocenters. The van der Waals surface area contributed by atoms with E-state index >= 15 is 0 Å². The minimum Gasteiger partial charge on any atom is -0.494 e. The van der Waals surface area contributed by atoms with Crippen LogP contribution in [0.3, 0.4) is 0 Å². The van der Waals surface area contributed by atoms with Crippen molar-refractivity contribution in [2.24, 2.45) is 0 Å². The maximum Gasteiger partial charge on any atom is 0.119 e. The Bertz CT molecular complexity index is 305. The molecule has 1 N–H and O–H groups in total. The standard InChI is InChI=1S/C13H18O2/c1-3-4-5-9-15-13-8-6-7-12(10-13)11(2)14/h3,6-8,10-11,14H,1,4-5,9H2,2H3/t11-/m1/s1. The van der Waals surface area contributed by atoms with E-state index in [0.717, 1.165) is 24.2 Å². The van der Waals surface area contributed by atoms with Gasteiger partial charge in [-0.25, -0.2) is 0 Å². The van der Waals surface area contributed by atoms with Gasteiger partial charge in [-0.2, -0.15) is 0 Å². The molecule has 1 aromatic rings. The molecule has 2 heteroatoms. The molecule has 0 radical (unpaired) electrons. The van der Waals surface area contributed by atoms with E-state index in [1.54, 1.807) is 6.92 Å². The van der Waals surface area contributed by atoms with Crippen LogP contribution >= 0.6 is 0 Å². The fourth-order valence-electron chi connectivity index (χ4n) is 1.28. The highest BCUT2D eigenvalue weighted by Crippen LogP contribution is 2.18. The van der Waals surface area contributed by atoms with Crippen molar-refractivity contribution >= 4 is 0 Å². The van der Waals surface area contributed by atoms with Gasteiger partial charge in [-0.15, -0.1) is 6.58 Å². The van der Waals surface area contributed by atoms with E-state index in [9.17, 15) is 5.11 Å². The smallest absolute Gasteiger partial charge is 0.119 e. The van der Waals surface area contributed by atoms with Gasteiger partial charge in [-0.1, -0.05) is 18.2 Å². The summed E-state index contributed by atoms with van der Waals surface area (Å²) in [5.41, 5.74) is 0.885. The van der Waals surface area contributed by atoms with Crippen LogP contribution in [0, 0.1) is 0 Å².